The molecule has 2 aromatic rings. The Morgan fingerprint density at radius 1 is 1.00 bits per heavy atom. The number of rotatable bonds is 8. The summed E-state index contributed by atoms with van der Waals surface area (Å²) in [5.41, 5.74) is 2.38. The second-order valence-corrected chi connectivity index (χ2v) is 10.6. The summed E-state index contributed by atoms with van der Waals surface area (Å²) < 4.78 is 11.1. The number of hydrogen-bond acceptors (Lipinski definition) is 6. The molecule has 2 N–H and O–H groups in total. The molecule has 206 valence electrons. The van der Waals surface area contributed by atoms with Gasteiger partial charge in [-0.3, -0.25) is 9.59 Å². The number of anilines is 2. The van der Waals surface area contributed by atoms with Crippen molar-refractivity contribution in [3.05, 3.63) is 53.6 Å². The van der Waals surface area contributed by atoms with Crippen molar-refractivity contribution in [3.8, 4) is 5.75 Å². The Morgan fingerprint density at radius 2 is 1.71 bits per heavy atom. The van der Waals surface area contributed by atoms with E-state index in [-0.39, 0.29) is 23.8 Å². The predicted octanol–water partition coefficient (Wildman–Crippen LogP) is 4.67. The molecule has 2 aromatic carbocycles. The third kappa shape index (κ3) is 8.13. The number of amides is 3. The first kappa shape index (κ1) is 28.8. The van der Waals surface area contributed by atoms with E-state index in [0.29, 0.717) is 56.3 Å². The lowest BCUT2D eigenvalue weighted by molar-refractivity contribution is -0.118. The van der Waals surface area contributed by atoms with E-state index in [4.69, 9.17) is 9.47 Å². The summed E-state index contributed by atoms with van der Waals surface area (Å²) in [6.45, 7) is 14.4. The quantitative estimate of drug-likeness (QED) is 0.521. The molecular formula is C29H40N4O5. The van der Waals surface area contributed by atoms with E-state index in [1.54, 1.807) is 23.1 Å². The monoisotopic (exact) mass is 524 g/mol. The van der Waals surface area contributed by atoms with Crippen LogP contribution in [0.4, 0.5) is 16.2 Å². The van der Waals surface area contributed by atoms with Gasteiger partial charge in [0.2, 0.25) is 5.91 Å². The van der Waals surface area contributed by atoms with Crippen molar-refractivity contribution < 1.29 is 23.9 Å². The van der Waals surface area contributed by atoms with Crippen molar-refractivity contribution >= 4 is 29.3 Å². The molecule has 0 unspecified atom stereocenters. The highest BCUT2D eigenvalue weighted by molar-refractivity contribution is 5.99. The standard InChI is InChI=1S/C29H40N4O5/c1-7-37-25-12-11-22(31-26(34)20(2)3)18-24(25)27(35)30-19-21-9-8-10-23(17-21)32-13-15-33(16-14-32)28(36)38-29(4,5)6/h8-12,17-18,20H,7,13-16,19H2,1-6H3,(H,30,35)(H,31,34). The number of hydrogen-bond donors (Lipinski definition) is 2. The smallest absolute Gasteiger partial charge is 0.410 e. The third-order valence-corrected chi connectivity index (χ3v) is 5.98. The minimum atomic E-state index is -0.514. The van der Waals surface area contributed by atoms with Crippen LogP contribution in [0.15, 0.2) is 42.5 Å². The van der Waals surface area contributed by atoms with Gasteiger partial charge in [-0.1, -0.05) is 26.0 Å². The van der Waals surface area contributed by atoms with E-state index in [2.05, 4.69) is 15.5 Å². The van der Waals surface area contributed by atoms with Crippen LogP contribution in [-0.4, -0.2) is 61.2 Å². The normalized spacial score (nSPS) is 13.8. The van der Waals surface area contributed by atoms with Crippen LogP contribution in [0.2, 0.25) is 0 Å². The Morgan fingerprint density at radius 3 is 2.34 bits per heavy atom. The minimum Gasteiger partial charge on any atom is -0.493 e. The van der Waals surface area contributed by atoms with Crippen LogP contribution < -0.4 is 20.3 Å². The molecule has 1 aliphatic rings. The molecule has 38 heavy (non-hydrogen) atoms. The fourth-order valence-electron chi connectivity index (χ4n) is 3.97. The first-order chi connectivity index (χ1) is 18.0. The molecule has 9 heteroatoms. The van der Waals surface area contributed by atoms with Gasteiger partial charge in [0.15, 0.2) is 0 Å². The molecule has 0 atom stereocenters. The zero-order valence-corrected chi connectivity index (χ0v) is 23.3. The van der Waals surface area contributed by atoms with Gasteiger partial charge in [0, 0.05) is 50.0 Å². The van der Waals surface area contributed by atoms with Crippen LogP contribution in [0.25, 0.3) is 0 Å². The van der Waals surface area contributed by atoms with Crippen molar-refractivity contribution in [2.45, 2.75) is 53.7 Å². The molecule has 3 amide bonds. The van der Waals surface area contributed by atoms with Crippen molar-refractivity contribution in [3.63, 3.8) is 0 Å². The maximum Gasteiger partial charge on any atom is 0.410 e. The number of carbonyl (C=O) groups is 3. The van der Waals surface area contributed by atoms with Gasteiger partial charge in [0.1, 0.15) is 11.4 Å². The van der Waals surface area contributed by atoms with Gasteiger partial charge in [0.25, 0.3) is 5.91 Å². The maximum atomic E-state index is 13.1. The number of piperazine rings is 1. The lowest BCUT2D eigenvalue weighted by Gasteiger charge is -2.36. The third-order valence-electron chi connectivity index (χ3n) is 5.98. The second kappa shape index (κ2) is 12.7. The van der Waals surface area contributed by atoms with Gasteiger partial charge in [-0.25, -0.2) is 4.79 Å². The summed E-state index contributed by atoms with van der Waals surface area (Å²) in [6, 6.07) is 13.1. The Balaban J connectivity index is 1.63. The molecule has 1 aliphatic heterocycles. The number of benzene rings is 2. The molecule has 0 aromatic heterocycles. The van der Waals surface area contributed by atoms with Gasteiger partial charge in [0.05, 0.1) is 12.2 Å². The molecule has 9 nitrogen and oxygen atoms in total. The zero-order valence-electron chi connectivity index (χ0n) is 23.3. The molecule has 0 spiro atoms. The van der Waals surface area contributed by atoms with E-state index >= 15 is 0 Å². The average Bonchev–Trinajstić information content (AvgIpc) is 2.87. The van der Waals surface area contributed by atoms with Crippen molar-refractivity contribution in [2.24, 2.45) is 5.92 Å². The van der Waals surface area contributed by atoms with Gasteiger partial charge < -0.3 is 29.9 Å². The molecule has 0 saturated carbocycles. The Kier molecular flexibility index (Phi) is 9.61. The van der Waals surface area contributed by atoms with Crippen molar-refractivity contribution in [1.29, 1.82) is 0 Å². The molecule has 3 rings (SSSR count). The Labute approximate surface area is 225 Å². The van der Waals surface area contributed by atoms with Crippen LogP contribution in [0, 0.1) is 5.92 Å². The Hall–Kier alpha value is -3.75. The maximum absolute atomic E-state index is 13.1. The number of ether oxygens (including phenoxy) is 2. The van der Waals surface area contributed by atoms with E-state index in [9.17, 15) is 14.4 Å². The summed E-state index contributed by atoms with van der Waals surface area (Å²) in [4.78, 5) is 41.5. The molecular weight excluding hydrogens is 484 g/mol. The first-order valence-electron chi connectivity index (χ1n) is 13.1. The predicted molar refractivity (Wildman–Crippen MR) is 149 cm³/mol. The average molecular weight is 525 g/mol. The Bertz CT molecular complexity index is 1130. The summed E-state index contributed by atoms with van der Waals surface area (Å²) in [6.07, 6.45) is -0.284. The number of nitrogens with zero attached hydrogens (tertiary/aromatic N) is 2. The SMILES string of the molecule is CCOc1ccc(NC(=O)C(C)C)cc1C(=O)NCc1cccc(N2CCN(C(=O)OC(C)(C)C)CC2)c1. The van der Waals surface area contributed by atoms with E-state index in [1.807, 2.05) is 65.8 Å². The van der Waals surface area contributed by atoms with Crippen LogP contribution in [-0.2, 0) is 16.1 Å². The van der Waals surface area contributed by atoms with Gasteiger partial charge >= 0.3 is 6.09 Å². The molecule has 1 heterocycles. The van der Waals surface area contributed by atoms with E-state index < -0.39 is 5.60 Å². The lowest BCUT2D eigenvalue weighted by atomic mass is 10.1. The fraction of sp³-hybridized carbons (Fsp3) is 0.483. The second-order valence-electron chi connectivity index (χ2n) is 10.6. The van der Waals surface area contributed by atoms with E-state index in [0.717, 1.165) is 11.3 Å². The highest BCUT2D eigenvalue weighted by atomic mass is 16.6. The molecule has 1 saturated heterocycles. The minimum absolute atomic E-state index is 0.121. The first-order valence-corrected chi connectivity index (χ1v) is 13.1. The van der Waals surface area contributed by atoms with E-state index in [1.165, 1.54) is 0 Å². The molecule has 0 radical (unpaired) electrons. The van der Waals surface area contributed by atoms with Crippen LogP contribution in [0.3, 0.4) is 0 Å². The lowest BCUT2D eigenvalue weighted by Crippen LogP contribution is -2.50. The van der Waals surface area contributed by atoms with Crippen LogP contribution >= 0.6 is 0 Å². The number of nitrogens with one attached hydrogen (secondary N) is 2. The summed E-state index contributed by atoms with van der Waals surface area (Å²) in [7, 11) is 0. The zero-order chi connectivity index (χ0) is 27.9. The summed E-state index contributed by atoms with van der Waals surface area (Å²) >= 11 is 0. The topological polar surface area (TPSA) is 100 Å². The summed E-state index contributed by atoms with van der Waals surface area (Å²) in [5, 5.41) is 5.80. The van der Waals surface area contributed by atoms with Crippen molar-refractivity contribution in [1.82, 2.24) is 10.2 Å². The fourth-order valence-corrected chi connectivity index (χ4v) is 3.97. The molecule has 1 fully saturated rings. The van der Waals surface area contributed by atoms with Crippen LogP contribution in [0.5, 0.6) is 5.75 Å². The van der Waals surface area contributed by atoms with Crippen LogP contribution in [0.1, 0.15) is 57.5 Å². The largest absolute Gasteiger partial charge is 0.493 e. The highest BCUT2D eigenvalue weighted by Gasteiger charge is 2.26. The number of carbonyl (C=O) groups excluding carboxylic acids is 3. The molecule has 0 bridgehead atoms. The molecule has 0 aliphatic carbocycles. The van der Waals surface area contributed by atoms with Gasteiger partial charge in [-0.05, 0) is 63.6 Å². The van der Waals surface area contributed by atoms with Gasteiger partial charge in [-0.15, -0.1) is 0 Å². The van der Waals surface area contributed by atoms with Crippen molar-refractivity contribution in [2.75, 3.05) is 43.0 Å². The van der Waals surface area contributed by atoms with Gasteiger partial charge in [-0.2, -0.15) is 0 Å². The highest BCUT2D eigenvalue weighted by Crippen LogP contribution is 2.24. The summed E-state index contributed by atoms with van der Waals surface area (Å²) in [5.74, 6) is -0.120.